The van der Waals surface area contributed by atoms with Crippen LogP contribution < -0.4 is 20.5 Å². The fourth-order valence-electron chi connectivity index (χ4n) is 2.78. The molecule has 1 amide bonds. The lowest BCUT2D eigenvalue weighted by Gasteiger charge is -2.12. The van der Waals surface area contributed by atoms with Gasteiger partial charge in [0.2, 0.25) is 5.91 Å². The number of amides is 1. The first-order valence-corrected chi connectivity index (χ1v) is 8.47. The van der Waals surface area contributed by atoms with Crippen LogP contribution in [0.4, 0.5) is 5.69 Å². The molecule has 1 N–H and O–H groups in total. The number of nitrogens with one attached hydrogen (secondary N) is 1. The molecule has 0 atom stereocenters. The molecule has 0 saturated heterocycles. The first-order chi connectivity index (χ1) is 12.6. The predicted molar refractivity (Wildman–Crippen MR) is 96.2 cm³/mol. The highest BCUT2D eigenvalue weighted by Gasteiger charge is 2.17. The van der Waals surface area contributed by atoms with Gasteiger partial charge in [0.15, 0.2) is 17.1 Å². The van der Waals surface area contributed by atoms with Crippen LogP contribution in [-0.2, 0) is 11.3 Å². The van der Waals surface area contributed by atoms with E-state index in [-0.39, 0.29) is 6.54 Å². The van der Waals surface area contributed by atoms with E-state index in [4.69, 9.17) is 25.5 Å². The smallest absolute Gasteiger partial charge is 0.420 e. The van der Waals surface area contributed by atoms with Crippen LogP contribution in [0.3, 0.4) is 0 Å². The van der Waals surface area contributed by atoms with Gasteiger partial charge in [-0.25, -0.2) is 4.79 Å². The van der Waals surface area contributed by atoms with Gasteiger partial charge in [0, 0.05) is 18.6 Å². The number of hydrogen-bond acceptors (Lipinski definition) is 5. The maximum absolute atomic E-state index is 12.4. The summed E-state index contributed by atoms with van der Waals surface area (Å²) in [6.45, 7) is 0.880. The number of carbonyl (C=O) groups excluding carboxylic acids is 1. The number of benzene rings is 2. The molecular formula is C18H15ClN2O5. The SMILES string of the molecule is O=C(Cn1c(=O)oc2ccccc21)Nc1cc2c(cc1Cl)OCCCO2. The molecule has 0 bridgehead atoms. The lowest BCUT2D eigenvalue weighted by Crippen LogP contribution is -2.24. The van der Waals surface area contributed by atoms with Crippen LogP contribution >= 0.6 is 11.6 Å². The van der Waals surface area contributed by atoms with Crippen LogP contribution in [-0.4, -0.2) is 23.7 Å². The second kappa shape index (κ2) is 6.76. The van der Waals surface area contributed by atoms with Crippen molar-refractivity contribution in [2.75, 3.05) is 18.5 Å². The summed E-state index contributed by atoms with van der Waals surface area (Å²) in [7, 11) is 0. The summed E-state index contributed by atoms with van der Waals surface area (Å²) in [4.78, 5) is 24.4. The molecule has 4 rings (SSSR count). The molecule has 2 heterocycles. The summed E-state index contributed by atoms with van der Waals surface area (Å²) in [6, 6.07) is 10.1. The third-order valence-electron chi connectivity index (χ3n) is 3.99. The Kier molecular flexibility index (Phi) is 4.30. The van der Waals surface area contributed by atoms with Gasteiger partial charge in [-0.2, -0.15) is 0 Å². The van der Waals surface area contributed by atoms with Crippen molar-refractivity contribution in [1.82, 2.24) is 4.57 Å². The lowest BCUT2D eigenvalue weighted by atomic mass is 10.2. The maximum atomic E-state index is 12.4. The van der Waals surface area contributed by atoms with E-state index in [9.17, 15) is 9.59 Å². The Morgan fingerprint density at radius 2 is 1.88 bits per heavy atom. The monoisotopic (exact) mass is 374 g/mol. The molecule has 2 aromatic carbocycles. The Morgan fingerprint density at radius 3 is 2.69 bits per heavy atom. The van der Waals surface area contributed by atoms with Gasteiger partial charge in [0.1, 0.15) is 6.54 Å². The van der Waals surface area contributed by atoms with Crippen LogP contribution in [0.2, 0.25) is 5.02 Å². The molecule has 0 spiro atoms. The molecular weight excluding hydrogens is 360 g/mol. The number of fused-ring (bicyclic) bond motifs is 2. The number of ether oxygens (including phenoxy) is 2. The Morgan fingerprint density at radius 1 is 1.15 bits per heavy atom. The predicted octanol–water partition coefficient (Wildman–Crippen LogP) is 3.05. The summed E-state index contributed by atoms with van der Waals surface area (Å²) in [6.07, 6.45) is 0.768. The quantitative estimate of drug-likeness (QED) is 0.761. The van der Waals surface area contributed by atoms with Gasteiger partial charge >= 0.3 is 5.76 Å². The van der Waals surface area contributed by atoms with Crippen molar-refractivity contribution in [3.63, 3.8) is 0 Å². The van der Waals surface area contributed by atoms with Gasteiger partial charge < -0.3 is 19.2 Å². The largest absolute Gasteiger partial charge is 0.490 e. The molecule has 1 aromatic heterocycles. The first-order valence-electron chi connectivity index (χ1n) is 8.09. The van der Waals surface area contributed by atoms with Crippen molar-refractivity contribution < 1.29 is 18.7 Å². The number of nitrogens with zero attached hydrogens (tertiary/aromatic N) is 1. The normalized spacial score (nSPS) is 13.4. The summed E-state index contributed by atoms with van der Waals surface area (Å²) >= 11 is 6.23. The van der Waals surface area contributed by atoms with E-state index in [1.54, 1.807) is 36.4 Å². The van der Waals surface area contributed by atoms with E-state index in [1.165, 1.54) is 4.57 Å². The van der Waals surface area contributed by atoms with Gasteiger partial charge in [-0.05, 0) is 12.1 Å². The van der Waals surface area contributed by atoms with Crippen molar-refractivity contribution in [2.45, 2.75) is 13.0 Å². The fourth-order valence-corrected chi connectivity index (χ4v) is 2.98. The minimum absolute atomic E-state index is 0.194. The number of halogens is 1. The van der Waals surface area contributed by atoms with Crippen LogP contribution in [0.25, 0.3) is 11.1 Å². The van der Waals surface area contributed by atoms with Gasteiger partial charge in [-0.1, -0.05) is 23.7 Å². The van der Waals surface area contributed by atoms with Crippen LogP contribution in [0.5, 0.6) is 11.5 Å². The third kappa shape index (κ3) is 3.13. The molecule has 26 heavy (non-hydrogen) atoms. The summed E-state index contributed by atoms with van der Waals surface area (Å²) < 4.78 is 17.6. The van der Waals surface area contributed by atoms with E-state index in [1.807, 2.05) is 0 Å². The fraction of sp³-hybridized carbons (Fsp3) is 0.222. The first kappa shape index (κ1) is 16.5. The highest BCUT2D eigenvalue weighted by Crippen LogP contribution is 2.37. The van der Waals surface area contributed by atoms with Crippen molar-refractivity contribution >= 4 is 34.3 Å². The molecule has 1 aliphatic heterocycles. The average molecular weight is 375 g/mol. The molecule has 8 heteroatoms. The zero-order valence-corrected chi connectivity index (χ0v) is 14.4. The molecule has 3 aromatic rings. The second-order valence-corrected chi connectivity index (χ2v) is 6.21. The number of para-hydroxylation sites is 2. The molecule has 0 saturated carbocycles. The minimum Gasteiger partial charge on any atom is -0.490 e. The van der Waals surface area contributed by atoms with Gasteiger partial charge in [0.05, 0.1) is 29.4 Å². The number of hydrogen-bond donors (Lipinski definition) is 1. The van der Waals surface area contributed by atoms with Crippen molar-refractivity contribution in [3.05, 3.63) is 52.0 Å². The maximum Gasteiger partial charge on any atom is 0.420 e. The van der Waals surface area contributed by atoms with Gasteiger partial charge in [-0.15, -0.1) is 0 Å². The van der Waals surface area contributed by atoms with E-state index >= 15 is 0 Å². The molecule has 1 aliphatic rings. The Bertz CT molecular complexity index is 1040. The van der Waals surface area contributed by atoms with Crippen LogP contribution in [0.15, 0.2) is 45.6 Å². The molecule has 7 nitrogen and oxygen atoms in total. The van der Waals surface area contributed by atoms with Crippen molar-refractivity contribution in [2.24, 2.45) is 0 Å². The highest BCUT2D eigenvalue weighted by molar-refractivity contribution is 6.34. The topological polar surface area (TPSA) is 82.7 Å². The summed E-state index contributed by atoms with van der Waals surface area (Å²) in [5.74, 6) is 0.0665. The van der Waals surface area contributed by atoms with E-state index in [0.717, 1.165) is 6.42 Å². The van der Waals surface area contributed by atoms with Crippen molar-refractivity contribution in [1.29, 1.82) is 0 Å². The molecule has 0 fully saturated rings. The molecule has 0 aliphatic carbocycles. The van der Waals surface area contributed by atoms with Crippen LogP contribution in [0, 0.1) is 0 Å². The molecule has 134 valence electrons. The highest BCUT2D eigenvalue weighted by atomic mass is 35.5. The second-order valence-electron chi connectivity index (χ2n) is 5.80. The number of oxazole rings is 1. The minimum atomic E-state index is -0.592. The standard InChI is InChI=1S/C18H15ClN2O5/c19-11-8-15-16(25-7-3-6-24-15)9-12(11)20-17(22)10-21-13-4-1-2-5-14(13)26-18(21)23/h1-2,4-5,8-9H,3,6-7,10H2,(H,20,22). The zero-order valence-electron chi connectivity index (χ0n) is 13.7. The summed E-state index contributed by atoms with van der Waals surface area (Å²) in [5.41, 5.74) is 1.37. The molecule has 0 unspecified atom stereocenters. The van der Waals surface area contributed by atoms with E-state index in [0.29, 0.717) is 46.5 Å². The number of carbonyl (C=O) groups is 1. The Labute approximate surface area is 153 Å². The van der Waals surface area contributed by atoms with Gasteiger partial charge in [-0.3, -0.25) is 9.36 Å². The lowest BCUT2D eigenvalue weighted by molar-refractivity contribution is -0.116. The van der Waals surface area contributed by atoms with E-state index < -0.39 is 11.7 Å². The Hall–Kier alpha value is -2.93. The van der Waals surface area contributed by atoms with Gasteiger partial charge in [0.25, 0.3) is 0 Å². The average Bonchev–Trinajstić information content (AvgIpc) is 2.78. The van der Waals surface area contributed by atoms with Crippen molar-refractivity contribution in [3.8, 4) is 11.5 Å². The Balaban J connectivity index is 1.57. The third-order valence-corrected chi connectivity index (χ3v) is 4.30. The number of rotatable bonds is 3. The summed E-state index contributed by atoms with van der Waals surface area (Å²) in [5, 5.41) is 3.03. The number of anilines is 1. The molecule has 0 radical (unpaired) electrons. The zero-order chi connectivity index (χ0) is 18.1. The number of aromatic nitrogens is 1. The van der Waals surface area contributed by atoms with E-state index in [2.05, 4.69) is 5.32 Å². The van der Waals surface area contributed by atoms with Crippen LogP contribution in [0.1, 0.15) is 6.42 Å².